The van der Waals surface area contributed by atoms with Crippen LogP contribution < -0.4 is 4.74 Å². The fourth-order valence-electron chi connectivity index (χ4n) is 2.13. The van der Waals surface area contributed by atoms with Gasteiger partial charge in [0.1, 0.15) is 11.5 Å². The zero-order valence-electron chi connectivity index (χ0n) is 13.1. The average molecular weight is 341 g/mol. The van der Waals surface area contributed by atoms with Crippen molar-refractivity contribution in [1.29, 1.82) is 0 Å². The van der Waals surface area contributed by atoms with Crippen molar-refractivity contribution in [2.45, 2.75) is 6.18 Å². The van der Waals surface area contributed by atoms with Crippen LogP contribution in [-0.4, -0.2) is 6.21 Å². The number of hydrogen-bond acceptors (Lipinski definition) is 2. The second-order valence-electron chi connectivity index (χ2n) is 5.29. The molecule has 5 heteroatoms. The van der Waals surface area contributed by atoms with E-state index in [9.17, 15) is 13.2 Å². The van der Waals surface area contributed by atoms with E-state index in [0.29, 0.717) is 17.0 Å². The van der Waals surface area contributed by atoms with Gasteiger partial charge in [-0.05, 0) is 54.1 Å². The molecule has 0 heterocycles. The Morgan fingerprint density at radius 2 is 1.32 bits per heavy atom. The molecule has 0 aliphatic carbocycles. The predicted molar refractivity (Wildman–Crippen MR) is 91.7 cm³/mol. The van der Waals surface area contributed by atoms with E-state index in [1.165, 1.54) is 18.3 Å². The lowest BCUT2D eigenvalue weighted by molar-refractivity contribution is -0.137. The van der Waals surface area contributed by atoms with Gasteiger partial charge in [0.25, 0.3) is 0 Å². The largest absolute Gasteiger partial charge is 0.457 e. The number of benzene rings is 3. The second-order valence-corrected chi connectivity index (χ2v) is 5.29. The molecule has 0 fully saturated rings. The molecule has 25 heavy (non-hydrogen) atoms. The molecule has 0 aliphatic heterocycles. The third kappa shape index (κ3) is 4.70. The highest BCUT2D eigenvalue weighted by Gasteiger charge is 2.29. The summed E-state index contributed by atoms with van der Waals surface area (Å²) < 4.78 is 43.2. The first-order chi connectivity index (χ1) is 12.0. The van der Waals surface area contributed by atoms with Gasteiger partial charge in [0, 0.05) is 6.21 Å². The Hall–Kier alpha value is -3.08. The molecule has 3 aromatic carbocycles. The highest BCUT2D eigenvalue weighted by Crippen LogP contribution is 2.29. The first-order valence-corrected chi connectivity index (χ1v) is 7.55. The zero-order chi connectivity index (χ0) is 17.7. The van der Waals surface area contributed by atoms with E-state index in [2.05, 4.69) is 4.99 Å². The standard InChI is InChI=1S/C20H14F3NO/c21-20(22,23)16-8-6-15(7-9-16)14-24-17-10-12-19(13-11-17)25-18-4-2-1-3-5-18/h1-14H. The maximum absolute atomic E-state index is 12.5. The minimum Gasteiger partial charge on any atom is -0.457 e. The summed E-state index contributed by atoms with van der Waals surface area (Å²) in [6.45, 7) is 0. The van der Waals surface area contributed by atoms with Crippen LogP contribution in [-0.2, 0) is 6.18 Å². The molecule has 0 aromatic heterocycles. The third-order valence-corrected chi connectivity index (χ3v) is 3.42. The van der Waals surface area contributed by atoms with Crippen molar-refractivity contribution in [3.63, 3.8) is 0 Å². The van der Waals surface area contributed by atoms with Gasteiger partial charge in [-0.1, -0.05) is 30.3 Å². The van der Waals surface area contributed by atoms with Gasteiger partial charge in [0.05, 0.1) is 11.3 Å². The molecule has 3 aromatic rings. The number of hydrogen-bond donors (Lipinski definition) is 0. The van der Waals surface area contributed by atoms with Crippen molar-refractivity contribution in [2.75, 3.05) is 0 Å². The molecule has 2 nitrogen and oxygen atoms in total. The summed E-state index contributed by atoms with van der Waals surface area (Å²) in [7, 11) is 0. The number of para-hydroxylation sites is 1. The van der Waals surface area contributed by atoms with Gasteiger partial charge in [-0.25, -0.2) is 0 Å². The number of ether oxygens (including phenoxy) is 1. The lowest BCUT2D eigenvalue weighted by atomic mass is 10.1. The van der Waals surface area contributed by atoms with E-state index in [1.807, 2.05) is 30.3 Å². The van der Waals surface area contributed by atoms with Crippen molar-refractivity contribution in [1.82, 2.24) is 0 Å². The first kappa shape index (κ1) is 16.8. The predicted octanol–water partition coefficient (Wildman–Crippen LogP) is 6.25. The Kier molecular flexibility index (Phi) is 4.84. The van der Waals surface area contributed by atoms with Crippen LogP contribution in [0.4, 0.5) is 18.9 Å². The Balaban J connectivity index is 1.66. The van der Waals surface area contributed by atoms with Crippen LogP contribution in [0.25, 0.3) is 0 Å². The van der Waals surface area contributed by atoms with Gasteiger partial charge in [0.15, 0.2) is 0 Å². The Morgan fingerprint density at radius 1 is 0.720 bits per heavy atom. The zero-order valence-corrected chi connectivity index (χ0v) is 13.1. The van der Waals surface area contributed by atoms with Gasteiger partial charge in [-0.3, -0.25) is 4.99 Å². The summed E-state index contributed by atoms with van der Waals surface area (Å²) in [4.78, 5) is 4.25. The van der Waals surface area contributed by atoms with Crippen LogP contribution in [0.3, 0.4) is 0 Å². The molecule has 0 atom stereocenters. The lowest BCUT2D eigenvalue weighted by Gasteiger charge is -2.06. The lowest BCUT2D eigenvalue weighted by Crippen LogP contribution is -2.04. The summed E-state index contributed by atoms with van der Waals surface area (Å²) in [5.41, 5.74) is 0.602. The van der Waals surface area contributed by atoms with E-state index < -0.39 is 11.7 Å². The summed E-state index contributed by atoms with van der Waals surface area (Å²) in [5, 5.41) is 0. The normalized spacial score (nSPS) is 11.6. The minimum absolute atomic E-state index is 0.595. The van der Waals surface area contributed by atoms with Gasteiger partial charge >= 0.3 is 6.18 Å². The quantitative estimate of drug-likeness (QED) is 0.514. The second kappa shape index (κ2) is 7.21. The van der Waals surface area contributed by atoms with Crippen LogP contribution in [0.1, 0.15) is 11.1 Å². The molecule has 0 aliphatic rings. The Labute approximate surface area is 143 Å². The Morgan fingerprint density at radius 3 is 1.92 bits per heavy atom. The Bertz CT molecular complexity index is 839. The smallest absolute Gasteiger partial charge is 0.416 e. The molecule has 0 amide bonds. The van der Waals surface area contributed by atoms with Crippen molar-refractivity contribution in [3.05, 3.63) is 90.0 Å². The minimum atomic E-state index is -4.33. The molecule has 126 valence electrons. The number of halogens is 3. The fourth-order valence-corrected chi connectivity index (χ4v) is 2.13. The summed E-state index contributed by atoms with van der Waals surface area (Å²) in [6, 6.07) is 21.4. The summed E-state index contributed by atoms with van der Waals surface area (Å²) >= 11 is 0. The van der Waals surface area contributed by atoms with E-state index in [-0.39, 0.29) is 0 Å². The molecule has 3 rings (SSSR count). The molecule has 0 spiro atoms. The van der Waals surface area contributed by atoms with Crippen molar-refractivity contribution in [2.24, 2.45) is 4.99 Å². The van der Waals surface area contributed by atoms with E-state index in [1.54, 1.807) is 24.3 Å². The van der Waals surface area contributed by atoms with Gasteiger partial charge in [-0.15, -0.1) is 0 Å². The van der Waals surface area contributed by atoms with Crippen LogP contribution in [0.15, 0.2) is 83.9 Å². The van der Waals surface area contributed by atoms with Gasteiger partial charge in [-0.2, -0.15) is 13.2 Å². The van der Waals surface area contributed by atoms with Crippen molar-refractivity contribution >= 4 is 11.9 Å². The maximum atomic E-state index is 12.5. The first-order valence-electron chi connectivity index (χ1n) is 7.55. The highest BCUT2D eigenvalue weighted by atomic mass is 19.4. The molecule has 0 saturated carbocycles. The molecule has 0 N–H and O–H groups in total. The van der Waals surface area contributed by atoms with Crippen molar-refractivity contribution < 1.29 is 17.9 Å². The molecule has 0 radical (unpaired) electrons. The van der Waals surface area contributed by atoms with Crippen LogP contribution in [0, 0.1) is 0 Å². The van der Waals surface area contributed by atoms with Gasteiger partial charge in [0.2, 0.25) is 0 Å². The molecular weight excluding hydrogens is 327 g/mol. The number of aliphatic imine (C=N–C) groups is 1. The van der Waals surface area contributed by atoms with Crippen molar-refractivity contribution in [3.8, 4) is 11.5 Å². The number of nitrogens with zero attached hydrogens (tertiary/aromatic N) is 1. The maximum Gasteiger partial charge on any atom is 0.416 e. The fraction of sp³-hybridized carbons (Fsp3) is 0.0500. The topological polar surface area (TPSA) is 21.6 Å². The van der Waals surface area contributed by atoms with Crippen LogP contribution >= 0.6 is 0 Å². The van der Waals surface area contributed by atoms with Crippen LogP contribution in [0.2, 0.25) is 0 Å². The molecule has 0 unspecified atom stereocenters. The monoisotopic (exact) mass is 341 g/mol. The van der Waals surface area contributed by atoms with Gasteiger partial charge < -0.3 is 4.74 Å². The molecular formula is C20H14F3NO. The summed E-state index contributed by atoms with van der Waals surface area (Å²) in [6.07, 6.45) is -2.81. The summed E-state index contributed by atoms with van der Waals surface area (Å²) in [5.74, 6) is 1.42. The molecule has 0 bridgehead atoms. The third-order valence-electron chi connectivity index (χ3n) is 3.42. The number of alkyl halides is 3. The molecule has 0 saturated heterocycles. The van der Waals surface area contributed by atoms with Crippen LogP contribution in [0.5, 0.6) is 11.5 Å². The average Bonchev–Trinajstić information content (AvgIpc) is 2.62. The number of rotatable bonds is 4. The SMILES string of the molecule is FC(F)(F)c1ccc(C=Nc2ccc(Oc3ccccc3)cc2)cc1. The van der Waals surface area contributed by atoms with E-state index >= 15 is 0 Å². The van der Waals surface area contributed by atoms with E-state index in [0.717, 1.165) is 17.9 Å². The van der Waals surface area contributed by atoms with E-state index in [4.69, 9.17) is 4.74 Å². The highest BCUT2D eigenvalue weighted by molar-refractivity contribution is 5.82.